The van der Waals surface area contributed by atoms with Crippen molar-refractivity contribution in [2.24, 2.45) is 17.4 Å². The van der Waals surface area contributed by atoms with Crippen LogP contribution in [0.1, 0.15) is 33.1 Å². The number of aliphatic hydroxyl groups is 1. The Morgan fingerprint density at radius 3 is 1.87 bits per heavy atom. The molecule has 0 aliphatic rings. The Morgan fingerprint density at radius 1 is 0.933 bits per heavy atom. The molecule has 0 saturated carbocycles. The quantitative estimate of drug-likeness (QED) is 0.128. The zero-order valence-electron chi connectivity index (χ0n) is 17.0. The molecular formula is C17H31N5O7S. The first-order valence-electron chi connectivity index (χ1n) is 9.32. The molecule has 12 nitrogen and oxygen atoms in total. The van der Waals surface area contributed by atoms with Gasteiger partial charge in [0, 0.05) is 12.2 Å². The fourth-order valence-corrected chi connectivity index (χ4v) is 2.63. The van der Waals surface area contributed by atoms with Crippen LogP contribution in [0.2, 0.25) is 0 Å². The van der Waals surface area contributed by atoms with Crippen LogP contribution in [-0.4, -0.2) is 76.3 Å². The summed E-state index contributed by atoms with van der Waals surface area (Å²) >= 11 is 3.96. The molecule has 0 aliphatic carbocycles. The van der Waals surface area contributed by atoms with E-state index in [4.69, 9.17) is 16.6 Å². The van der Waals surface area contributed by atoms with Gasteiger partial charge in [-0.05, 0) is 18.8 Å². The van der Waals surface area contributed by atoms with E-state index in [9.17, 15) is 29.1 Å². The van der Waals surface area contributed by atoms with Gasteiger partial charge in [0.05, 0.1) is 12.6 Å². The molecule has 0 fully saturated rings. The number of nitrogens with one attached hydrogen (secondary N) is 3. The Morgan fingerprint density at radius 2 is 1.43 bits per heavy atom. The molecule has 0 unspecified atom stereocenters. The predicted molar refractivity (Wildman–Crippen MR) is 110 cm³/mol. The first-order chi connectivity index (χ1) is 13.9. The molecular weight excluding hydrogens is 418 g/mol. The van der Waals surface area contributed by atoms with Crippen molar-refractivity contribution < 1.29 is 34.2 Å². The van der Waals surface area contributed by atoms with Gasteiger partial charge in [0.15, 0.2) is 0 Å². The van der Waals surface area contributed by atoms with Crippen molar-refractivity contribution in [1.82, 2.24) is 16.0 Å². The minimum Gasteiger partial charge on any atom is -0.480 e. The standard InChI is InChI=1S/C17H31N5O7S/c1-8(2)5-9(18)14(25)21-11(6-23)15(26)22-12(7-30)16(27)20-10(17(28)29)3-4-13(19)24/h8-12,23,30H,3-7,18H2,1-2H3,(H2,19,24)(H,20,27)(H,21,25)(H,22,26)(H,28,29)/t9-,10-,11-,12-/m0/s1. The predicted octanol–water partition coefficient (Wildman–Crippen LogP) is -2.91. The molecule has 0 aliphatic heterocycles. The van der Waals surface area contributed by atoms with E-state index in [1.807, 2.05) is 13.8 Å². The lowest BCUT2D eigenvalue weighted by Crippen LogP contribution is -2.58. The van der Waals surface area contributed by atoms with Crippen LogP contribution in [-0.2, 0) is 24.0 Å². The van der Waals surface area contributed by atoms with E-state index < -0.39 is 60.4 Å². The molecule has 4 atom stereocenters. The van der Waals surface area contributed by atoms with E-state index in [0.29, 0.717) is 6.42 Å². The van der Waals surface area contributed by atoms with Crippen LogP contribution >= 0.6 is 12.6 Å². The summed E-state index contributed by atoms with van der Waals surface area (Å²) in [5, 5.41) is 25.3. The number of hydrogen-bond donors (Lipinski definition) is 8. The van der Waals surface area contributed by atoms with Crippen molar-refractivity contribution in [3.05, 3.63) is 0 Å². The van der Waals surface area contributed by atoms with Gasteiger partial charge in [-0.15, -0.1) is 0 Å². The maximum atomic E-state index is 12.3. The molecule has 0 bridgehead atoms. The Labute approximate surface area is 179 Å². The summed E-state index contributed by atoms with van der Waals surface area (Å²) in [6.45, 7) is 2.99. The lowest BCUT2D eigenvalue weighted by atomic mass is 10.0. The topological polar surface area (TPSA) is 214 Å². The molecule has 0 aromatic rings. The Balaban J connectivity index is 4.98. The van der Waals surface area contributed by atoms with Crippen LogP contribution in [0.15, 0.2) is 0 Å². The van der Waals surface area contributed by atoms with Crippen LogP contribution in [0.4, 0.5) is 0 Å². The van der Waals surface area contributed by atoms with Crippen molar-refractivity contribution in [1.29, 1.82) is 0 Å². The molecule has 0 saturated heterocycles. The first kappa shape index (κ1) is 27.6. The number of primary amides is 1. The maximum Gasteiger partial charge on any atom is 0.326 e. The van der Waals surface area contributed by atoms with Crippen LogP contribution < -0.4 is 27.4 Å². The van der Waals surface area contributed by atoms with E-state index in [0.717, 1.165) is 0 Å². The van der Waals surface area contributed by atoms with Gasteiger partial charge in [-0.1, -0.05) is 13.8 Å². The normalized spacial score (nSPS) is 14.9. The average Bonchev–Trinajstić information content (AvgIpc) is 2.65. The fraction of sp³-hybridized carbons (Fsp3) is 0.706. The number of aliphatic hydroxyl groups excluding tert-OH is 1. The third-order valence-electron chi connectivity index (χ3n) is 3.99. The molecule has 13 heteroatoms. The van der Waals surface area contributed by atoms with Crippen molar-refractivity contribution in [3.63, 3.8) is 0 Å². The third-order valence-corrected chi connectivity index (χ3v) is 4.35. The molecule has 0 radical (unpaired) electrons. The number of thiol groups is 1. The number of carboxylic acid groups (broad SMARTS) is 1. The molecule has 0 rings (SSSR count). The first-order valence-corrected chi connectivity index (χ1v) is 9.95. The van der Waals surface area contributed by atoms with Gasteiger partial charge < -0.3 is 37.6 Å². The summed E-state index contributed by atoms with van der Waals surface area (Å²) in [7, 11) is 0. The molecule has 4 amide bonds. The molecule has 0 aromatic heterocycles. The van der Waals surface area contributed by atoms with E-state index in [1.54, 1.807) is 0 Å². The highest BCUT2D eigenvalue weighted by molar-refractivity contribution is 7.80. The zero-order valence-corrected chi connectivity index (χ0v) is 17.9. The highest BCUT2D eigenvalue weighted by atomic mass is 32.1. The Hall–Kier alpha value is -2.38. The number of nitrogens with two attached hydrogens (primary N) is 2. The number of aliphatic carboxylic acids is 1. The van der Waals surface area contributed by atoms with Crippen molar-refractivity contribution in [3.8, 4) is 0 Å². The van der Waals surface area contributed by atoms with Crippen molar-refractivity contribution in [2.75, 3.05) is 12.4 Å². The number of rotatable bonds is 14. The second kappa shape index (κ2) is 13.8. The van der Waals surface area contributed by atoms with Crippen molar-refractivity contribution >= 4 is 42.2 Å². The van der Waals surface area contributed by atoms with E-state index in [1.165, 1.54) is 0 Å². The summed E-state index contributed by atoms with van der Waals surface area (Å²) in [5.41, 5.74) is 10.7. The van der Waals surface area contributed by atoms with Gasteiger partial charge in [-0.3, -0.25) is 19.2 Å². The highest BCUT2D eigenvalue weighted by Crippen LogP contribution is 2.03. The smallest absolute Gasteiger partial charge is 0.326 e. The van der Waals surface area contributed by atoms with Crippen molar-refractivity contribution in [2.45, 2.75) is 57.3 Å². The summed E-state index contributed by atoms with van der Waals surface area (Å²) in [4.78, 5) is 58.8. The number of carbonyl (C=O) groups is 5. The lowest BCUT2D eigenvalue weighted by molar-refractivity contribution is -0.142. The van der Waals surface area contributed by atoms with Gasteiger partial charge in [0.2, 0.25) is 23.6 Å². The van der Waals surface area contributed by atoms with Crippen LogP contribution in [0.5, 0.6) is 0 Å². The zero-order chi connectivity index (χ0) is 23.4. The lowest BCUT2D eigenvalue weighted by Gasteiger charge is -2.23. The second-order valence-electron chi connectivity index (χ2n) is 7.13. The molecule has 172 valence electrons. The van der Waals surface area contributed by atoms with Crippen LogP contribution in [0.3, 0.4) is 0 Å². The van der Waals surface area contributed by atoms with Gasteiger partial charge in [0.25, 0.3) is 0 Å². The van der Waals surface area contributed by atoms with Gasteiger partial charge in [0.1, 0.15) is 18.1 Å². The second-order valence-corrected chi connectivity index (χ2v) is 7.49. The van der Waals surface area contributed by atoms with Gasteiger partial charge in [-0.2, -0.15) is 12.6 Å². The van der Waals surface area contributed by atoms with E-state index in [-0.39, 0.29) is 24.5 Å². The van der Waals surface area contributed by atoms with E-state index in [2.05, 4.69) is 28.6 Å². The summed E-state index contributed by atoms with van der Waals surface area (Å²) in [6.07, 6.45) is -0.119. The highest BCUT2D eigenvalue weighted by Gasteiger charge is 2.29. The Kier molecular flexibility index (Phi) is 12.7. The van der Waals surface area contributed by atoms with Crippen LogP contribution in [0, 0.1) is 5.92 Å². The number of hydrogen-bond acceptors (Lipinski definition) is 8. The average molecular weight is 450 g/mol. The molecule has 0 aromatic carbocycles. The molecule has 0 heterocycles. The van der Waals surface area contributed by atoms with E-state index >= 15 is 0 Å². The molecule has 0 spiro atoms. The molecule has 30 heavy (non-hydrogen) atoms. The maximum absolute atomic E-state index is 12.3. The third kappa shape index (κ3) is 10.4. The SMILES string of the molecule is CC(C)C[C@H](N)C(=O)N[C@@H](CO)C(=O)N[C@@H](CS)C(=O)N[C@@H](CCC(N)=O)C(=O)O. The fourth-order valence-electron chi connectivity index (χ4n) is 2.37. The van der Waals surface area contributed by atoms with Crippen LogP contribution in [0.25, 0.3) is 0 Å². The minimum absolute atomic E-state index is 0.140. The Bertz CT molecular complexity index is 632. The van der Waals surface area contributed by atoms with Gasteiger partial charge >= 0.3 is 5.97 Å². The number of amides is 4. The summed E-state index contributed by atoms with van der Waals surface area (Å²) in [6, 6.07) is -4.90. The van der Waals surface area contributed by atoms with Gasteiger partial charge in [-0.25, -0.2) is 4.79 Å². The monoisotopic (exact) mass is 449 g/mol. The number of carboxylic acids is 1. The summed E-state index contributed by atoms with van der Waals surface area (Å²) < 4.78 is 0. The largest absolute Gasteiger partial charge is 0.480 e. The molecule has 9 N–H and O–H groups in total. The summed E-state index contributed by atoms with van der Waals surface area (Å²) in [5.74, 6) is -4.54. The minimum atomic E-state index is -1.40. The number of carbonyl (C=O) groups excluding carboxylic acids is 4.